The molecule has 3 rings (SSSR count). The van der Waals surface area contributed by atoms with E-state index < -0.39 is 11.7 Å². The number of hydrogen-bond acceptors (Lipinski definition) is 5. The molecular weight excluding hydrogens is 369 g/mol. The van der Waals surface area contributed by atoms with Gasteiger partial charge >= 0.3 is 6.18 Å². The van der Waals surface area contributed by atoms with Crippen molar-refractivity contribution in [1.29, 1.82) is 0 Å². The van der Waals surface area contributed by atoms with Gasteiger partial charge in [-0.3, -0.25) is 0 Å². The zero-order valence-electron chi connectivity index (χ0n) is 15.3. The Hall–Kier alpha value is -3.29. The van der Waals surface area contributed by atoms with E-state index in [0.717, 1.165) is 23.4 Å². The molecule has 3 aromatic rings. The van der Waals surface area contributed by atoms with Gasteiger partial charge in [0.05, 0.1) is 12.7 Å². The van der Waals surface area contributed by atoms with E-state index in [1.54, 1.807) is 13.2 Å². The molecule has 0 fully saturated rings. The first-order chi connectivity index (χ1) is 13.3. The molecule has 1 aromatic heterocycles. The quantitative estimate of drug-likeness (QED) is 0.610. The average Bonchev–Trinajstić information content (AvgIpc) is 2.66. The summed E-state index contributed by atoms with van der Waals surface area (Å²) in [6, 6.07) is 14.1. The Morgan fingerprint density at radius 2 is 1.71 bits per heavy atom. The second-order valence-corrected chi connectivity index (χ2v) is 6.08. The molecule has 146 valence electrons. The van der Waals surface area contributed by atoms with Gasteiger partial charge in [0.2, 0.25) is 5.95 Å². The minimum atomic E-state index is -4.36. The molecular formula is C20H19F3N4O. The van der Waals surface area contributed by atoms with Crippen LogP contribution in [0.15, 0.2) is 54.6 Å². The summed E-state index contributed by atoms with van der Waals surface area (Å²) < 4.78 is 43.3. The molecule has 0 atom stereocenters. The number of benzene rings is 2. The normalized spacial score (nSPS) is 11.2. The Labute approximate surface area is 160 Å². The number of alkyl halides is 3. The summed E-state index contributed by atoms with van der Waals surface area (Å²) in [6.45, 7) is 2.28. The molecule has 2 N–H and O–H groups in total. The third kappa shape index (κ3) is 4.91. The second kappa shape index (κ2) is 8.16. The van der Waals surface area contributed by atoms with Crippen molar-refractivity contribution in [2.24, 2.45) is 0 Å². The monoisotopic (exact) mass is 388 g/mol. The van der Waals surface area contributed by atoms with E-state index in [1.807, 2.05) is 31.2 Å². The number of aromatic nitrogens is 2. The summed E-state index contributed by atoms with van der Waals surface area (Å²) in [6.07, 6.45) is -4.36. The van der Waals surface area contributed by atoms with Crippen molar-refractivity contribution in [3.05, 3.63) is 71.4 Å². The second-order valence-electron chi connectivity index (χ2n) is 6.08. The number of ether oxygens (including phenoxy) is 1. The lowest BCUT2D eigenvalue weighted by Crippen LogP contribution is -2.07. The molecule has 1 heterocycles. The van der Waals surface area contributed by atoms with Crippen molar-refractivity contribution in [3.8, 4) is 5.75 Å². The Balaban J connectivity index is 1.72. The van der Waals surface area contributed by atoms with Gasteiger partial charge in [-0.2, -0.15) is 18.2 Å². The molecule has 0 aliphatic rings. The van der Waals surface area contributed by atoms with Gasteiger partial charge in [0.1, 0.15) is 11.6 Å². The van der Waals surface area contributed by atoms with Crippen LogP contribution in [-0.2, 0) is 12.7 Å². The van der Waals surface area contributed by atoms with Crippen LogP contribution in [0.25, 0.3) is 0 Å². The Kier molecular flexibility index (Phi) is 5.67. The fourth-order valence-electron chi connectivity index (χ4n) is 2.63. The summed E-state index contributed by atoms with van der Waals surface area (Å²) in [5.41, 5.74) is 1.47. The predicted octanol–water partition coefficient (Wildman–Crippen LogP) is 5.17. The van der Waals surface area contributed by atoms with E-state index in [1.165, 1.54) is 12.1 Å². The smallest absolute Gasteiger partial charge is 0.416 e. The number of halogens is 3. The van der Waals surface area contributed by atoms with Crippen LogP contribution in [0, 0.1) is 6.92 Å². The summed E-state index contributed by atoms with van der Waals surface area (Å²) in [5.74, 6) is 1.64. The average molecular weight is 388 g/mol. The Morgan fingerprint density at radius 3 is 2.39 bits per heavy atom. The zero-order valence-corrected chi connectivity index (χ0v) is 15.3. The maximum absolute atomic E-state index is 12.7. The molecule has 5 nitrogen and oxygen atoms in total. The van der Waals surface area contributed by atoms with E-state index >= 15 is 0 Å². The van der Waals surface area contributed by atoms with Gasteiger partial charge in [0, 0.05) is 29.6 Å². The number of anilines is 3. The van der Waals surface area contributed by atoms with Gasteiger partial charge in [-0.25, -0.2) is 4.98 Å². The summed E-state index contributed by atoms with van der Waals surface area (Å²) in [5, 5.41) is 6.14. The third-order valence-corrected chi connectivity index (χ3v) is 3.97. The molecule has 0 aliphatic carbocycles. The lowest BCUT2D eigenvalue weighted by atomic mass is 10.2. The minimum Gasteiger partial charge on any atom is -0.496 e. The largest absolute Gasteiger partial charge is 0.496 e. The molecule has 0 aliphatic heterocycles. The van der Waals surface area contributed by atoms with Crippen molar-refractivity contribution in [2.45, 2.75) is 19.6 Å². The highest BCUT2D eigenvalue weighted by atomic mass is 19.4. The van der Waals surface area contributed by atoms with Crippen molar-refractivity contribution < 1.29 is 17.9 Å². The standard InChI is InChI=1S/C20H19F3N4O/c1-13-11-18(26-16-9-7-15(8-10-16)20(21,22)23)27-19(25-13)24-12-14-5-3-4-6-17(14)28-2/h3-11H,12H2,1-2H3,(H2,24,25,26,27). The van der Waals surface area contributed by atoms with Crippen molar-refractivity contribution in [1.82, 2.24) is 9.97 Å². The molecule has 0 saturated heterocycles. The van der Waals surface area contributed by atoms with Crippen molar-refractivity contribution >= 4 is 17.5 Å². The van der Waals surface area contributed by atoms with E-state index in [-0.39, 0.29) is 0 Å². The lowest BCUT2D eigenvalue weighted by molar-refractivity contribution is -0.137. The summed E-state index contributed by atoms with van der Waals surface area (Å²) >= 11 is 0. The SMILES string of the molecule is COc1ccccc1CNc1nc(C)cc(Nc2ccc(C(F)(F)F)cc2)n1. The third-order valence-electron chi connectivity index (χ3n) is 3.97. The van der Waals surface area contributed by atoms with Crippen LogP contribution in [-0.4, -0.2) is 17.1 Å². The van der Waals surface area contributed by atoms with Gasteiger partial charge in [0.25, 0.3) is 0 Å². The Morgan fingerprint density at radius 1 is 1.00 bits per heavy atom. The van der Waals surface area contributed by atoms with Crippen LogP contribution >= 0.6 is 0 Å². The van der Waals surface area contributed by atoms with Gasteiger partial charge in [-0.05, 0) is 37.3 Å². The maximum Gasteiger partial charge on any atom is 0.416 e. The van der Waals surface area contributed by atoms with Gasteiger partial charge in [-0.1, -0.05) is 18.2 Å². The Bertz CT molecular complexity index is 943. The van der Waals surface area contributed by atoms with Crippen molar-refractivity contribution in [3.63, 3.8) is 0 Å². The lowest BCUT2D eigenvalue weighted by Gasteiger charge is -2.12. The molecule has 0 spiro atoms. The van der Waals surface area contributed by atoms with Crippen LogP contribution in [0.1, 0.15) is 16.8 Å². The zero-order chi connectivity index (χ0) is 20.1. The first-order valence-corrected chi connectivity index (χ1v) is 8.51. The maximum atomic E-state index is 12.7. The van der Waals surface area contributed by atoms with E-state index in [9.17, 15) is 13.2 Å². The van der Waals surface area contributed by atoms with Crippen LogP contribution < -0.4 is 15.4 Å². The molecule has 0 radical (unpaired) electrons. The van der Waals surface area contributed by atoms with E-state index in [0.29, 0.717) is 29.7 Å². The van der Waals surface area contributed by atoms with Crippen LogP contribution in [0.3, 0.4) is 0 Å². The minimum absolute atomic E-state index is 0.403. The highest BCUT2D eigenvalue weighted by Crippen LogP contribution is 2.30. The first-order valence-electron chi connectivity index (χ1n) is 8.51. The highest BCUT2D eigenvalue weighted by Gasteiger charge is 2.29. The summed E-state index contributed by atoms with van der Waals surface area (Å²) in [4.78, 5) is 8.71. The first kappa shape index (κ1) is 19.5. The van der Waals surface area contributed by atoms with Crippen molar-refractivity contribution in [2.75, 3.05) is 17.7 Å². The molecule has 8 heteroatoms. The van der Waals surface area contributed by atoms with E-state index in [4.69, 9.17) is 4.74 Å². The summed E-state index contributed by atoms with van der Waals surface area (Å²) in [7, 11) is 1.61. The highest BCUT2D eigenvalue weighted by molar-refractivity contribution is 5.58. The number of rotatable bonds is 6. The topological polar surface area (TPSA) is 59.1 Å². The molecule has 2 aromatic carbocycles. The fourth-order valence-corrected chi connectivity index (χ4v) is 2.63. The van der Waals surface area contributed by atoms with Gasteiger partial charge in [0.15, 0.2) is 0 Å². The van der Waals surface area contributed by atoms with Crippen LogP contribution in [0.5, 0.6) is 5.75 Å². The number of nitrogens with one attached hydrogen (secondary N) is 2. The van der Waals surface area contributed by atoms with Gasteiger partial charge in [-0.15, -0.1) is 0 Å². The number of nitrogens with zero attached hydrogens (tertiary/aromatic N) is 2. The number of methoxy groups -OCH3 is 1. The predicted molar refractivity (Wildman–Crippen MR) is 102 cm³/mol. The molecule has 0 bridgehead atoms. The molecule has 28 heavy (non-hydrogen) atoms. The molecule has 0 saturated carbocycles. The molecule has 0 amide bonds. The number of para-hydroxylation sites is 1. The van der Waals surface area contributed by atoms with Crippen LogP contribution in [0.2, 0.25) is 0 Å². The van der Waals surface area contributed by atoms with Crippen LogP contribution in [0.4, 0.5) is 30.6 Å². The molecule has 0 unspecified atom stereocenters. The van der Waals surface area contributed by atoms with E-state index in [2.05, 4.69) is 20.6 Å². The van der Waals surface area contributed by atoms with Gasteiger partial charge < -0.3 is 15.4 Å². The number of hydrogen-bond donors (Lipinski definition) is 2. The fraction of sp³-hybridized carbons (Fsp3) is 0.200. The number of aryl methyl sites for hydroxylation is 1.